The highest BCUT2D eigenvalue weighted by Crippen LogP contribution is 2.36. The molecule has 2 aliphatic rings. The largest absolute Gasteiger partial charge is 0.490 e. The molecule has 0 saturated carbocycles. The van der Waals surface area contributed by atoms with Gasteiger partial charge in [0.25, 0.3) is 0 Å². The molecule has 2 saturated heterocycles. The SMILES string of the molecule is O=C(O)C(F)(F)F.O=C1NCC2(CCNCC2)C1NCc1nc(-c2cccc(Cl)c2)no1. The van der Waals surface area contributed by atoms with Gasteiger partial charge in [0.2, 0.25) is 17.6 Å². The monoisotopic (exact) mass is 475 g/mol. The summed E-state index contributed by atoms with van der Waals surface area (Å²) in [6.07, 6.45) is -3.14. The first kappa shape index (κ1) is 24.0. The minimum atomic E-state index is -5.08. The second-order valence-electron chi connectivity index (χ2n) is 7.47. The smallest absolute Gasteiger partial charge is 0.475 e. The van der Waals surface area contributed by atoms with Crippen molar-refractivity contribution in [3.05, 3.63) is 35.2 Å². The molecule has 0 bridgehead atoms. The van der Waals surface area contributed by atoms with E-state index in [1.165, 1.54) is 0 Å². The molecule has 2 aromatic rings. The second kappa shape index (κ2) is 9.84. The van der Waals surface area contributed by atoms with E-state index in [-0.39, 0.29) is 17.4 Å². The second-order valence-corrected chi connectivity index (χ2v) is 7.91. The van der Waals surface area contributed by atoms with Crippen molar-refractivity contribution in [2.24, 2.45) is 5.41 Å². The number of rotatable bonds is 4. The van der Waals surface area contributed by atoms with E-state index >= 15 is 0 Å². The molecule has 174 valence electrons. The molecule has 0 radical (unpaired) electrons. The standard InChI is InChI=1S/C17H20ClN5O2.C2HF3O2/c18-12-3-1-2-11(8-12)15-22-13(25-23-15)9-20-14-16(24)21-10-17(14)4-6-19-7-5-17;3-2(4,5)1(6)7/h1-3,8,14,19-20H,4-7,9-10H2,(H,21,24);(H,6,7). The number of carboxylic acids is 1. The van der Waals surface area contributed by atoms with Crippen LogP contribution in [0.5, 0.6) is 0 Å². The number of amides is 1. The first-order chi connectivity index (χ1) is 15.1. The van der Waals surface area contributed by atoms with E-state index in [9.17, 15) is 18.0 Å². The summed E-state index contributed by atoms with van der Waals surface area (Å²) in [5.41, 5.74) is 0.772. The molecule has 2 aliphatic heterocycles. The molecule has 1 atom stereocenters. The molecular weight excluding hydrogens is 455 g/mol. The molecule has 1 unspecified atom stereocenters. The fraction of sp³-hybridized carbons (Fsp3) is 0.474. The number of nitrogens with zero attached hydrogens (tertiary/aromatic N) is 2. The molecule has 2 fully saturated rings. The summed E-state index contributed by atoms with van der Waals surface area (Å²) < 4.78 is 37.1. The Morgan fingerprint density at radius 3 is 2.66 bits per heavy atom. The van der Waals surface area contributed by atoms with Gasteiger partial charge in [0.15, 0.2) is 0 Å². The molecule has 1 spiro atoms. The lowest BCUT2D eigenvalue weighted by Crippen LogP contribution is -2.51. The summed E-state index contributed by atoms with van der Waals surface area (Å²) in [4.78, 5) is 25.6. The molecule has 1 amide bonds. The first-order valence-corrected chi connectivity index (χ1v) is 10.1. The van der Waals surface area contributed by atoms with Crippen LogP contribution in [-0.4, -0.2) is 59.0 Å². The van der Waals surface area contributed by atoms with E-state index in [1.807, 2.05) is 12.1 Å². The van der Waals surface area contributed by atoms with Gasteiger partial charge in [-0.2, -0.15) is 18.2 Å². The van der Waals surface area contributed by atoms with Crippen LogP contribution in [0.15, 0.2) is 28.8 Å². The molecule has 9 nitrogen and oxygen atoms in total. The summed E-state index contributed by atoms with van der Waals surface area (Å²) in [6.45, 7) is 2.96. The van der Waals surface area contributed by atoms with Crippen molar-refractivity contribution in [2.75, 3.05) is 19.6 Å². The quantitative estimate of drug-likeness (QED) is 0.528. The maximum atomic E-state index is 12.3. The lowest BCUT2D eigenvalue weighted by Gasteiger charge is -2.37. The number of aliphatic carboxylic acids is 1. The summed E-state index contributed by atoms with van der Waals surface area (Å²) in [5, 5.41) is 21.4. The van der Waals surface area contributed by atoms with Crippen molar-refractivity contribution >= 4 is 23.5 Å². The lowest BCUT2D eigenvalue weighted by atomic mass is 9.75. The van der Waals surface area contributed by atoms with E-state index in [0.29, 0.717) is 23.3 Å². The Labute approximate surface area is 185 Å². The van der Waals surface area contributed by atoms with Crippen LogP contribution >= 0.6 is 11.6 Å². The highest BCUT2D eigenvalue weighted by atomic mass is 35.5. The molecule has 1 aromatic carbocycles. The van der Waals surface area contributed by atoms with Gasteiger partial charge >= 0.3 is 12.1 Å². The summed E-state index contributed by atoms with van der Waals surface area (Å²) in [5.74, 6) is -1.76. The molecule has 13 heteroatoms. The third-order valence-electron chi connectivity index (χ3n) is 5.34. The Bertz CT molecular complexity index is 962. The van der Waals surface area contributed by atoms with Crippen LogP contribution < -0.4 is 16.0 Å². The lowest BCUT2D eigenvalue weighted by molar-refractivity contribution is -0.192. The average Bonchev–Trinajstić information content (AvgIpc) is 3.32. The molecule has 3 heterocycles. The fourth-order valence-corrected chi connectivity index (χ4v) is 3.90. The fourth-order valence-electron chi connectivity index (χ4n) is 3.71. The van der Waals surface area contributed by atoms with Gasteiger partial charge in [0.1, 0.15) is 0 Å². The highest BCUT2D eigenvalue weighted by molar-refractivity contribution is 6.30. The topological polar surface area (TPSA) is 129 Å². The van der Waals surface area contributed by atoms with Crippen LogP contribution in [0.2, 0.25) is 5.02 Å². The van der Waals surface area contributed by atoms with Crippen LogP contribution in [0.3, 0.4) is 0 Å². The summed E-state index contributed by atoms with van der Waals surface area (Å²) >= 11 is 6.00. The van der Waals surface area contributed by atoms with Crippen molar-refractivity contribution in [1.82, 2.24) is 26.1 Å². The zero-order valence-electron chi connectivity index (χ0n) is 16.7. The van der Waals surface area contributed by atoms with Crippen LogP contribution in [0.25, 0.3) is 11.4 Å². The molecule has 4 N–H and O–H groups in total. The number of aromatic nitrogens is 2. The average molecular weight is 476 g/mol. The Balaban J connectivity index is 0.000000360. The molecule has 32 heavy (non-hydrogen) atoms. The Morgan fingerprint density at radius 1 is 1.34 bits per heavy atom. The van der Waals surface area contributed by atoms with Crippen LogP contribution in [0, 0.1) is 5.41 Å². The van der Waals surface area contributed by atoms with E-state index in [2.05, 4.69) is 26.1 Å². The van der Waals surface area contributed by atoms with Crippen molar-refractivity contribution in [3.63, 3.8) is 0 Å². The van der Waals surface area contributed by atoms with E-state index in [0.717, 1.165) is 38.0 Å². The number of carboxylic acid groups (broad SMARTS) is 1. The first-order valence-electron chi connectivity index (χ1n) is 9.71. The van der Waals surface area contributed by atoms with Gasteiger partial charge in [-0.1, -0.05) is 28.9 Å². The number of halogens is 4. The number of nitrogens with one attached hydrogen (secondary N) is 3. The zero-order chi connectivity index (χ0) is 23.4. The summed E-state index contributed by atoms with van der Waals surface area (Å²) in [7, 11) is 0. The minimum absolute atomic E-state index is 0.0296. The molecule has 1 aromatic heterocycles. The van der Waals surface area contributed by atoms with Gasteiger partial charge in [0.05, 0.1) is 12.6 Å². The molecular formula is C19H21ClF3N5O4. The highest BCUT2D eigenvalue weighted by Gasteiger charge is 2.48. The van der Waals surface area contributed by atoms with E-state index in [1.54, 1.807) is 12.1 Å². The Morgan fingerprint density at radius 2 is 2.03 bits per heavy atom. The number of hydrogen-bond acceptors (Lipinski definition) is 7. The van der Waals surface area contributed by atoms with Crippen molar-refractivity contribution in [2.45, 2.75) is 31.6 Å². The van der Waals surface area contributed by atoms with Crippen LogP contribution in [0.4, 0.5) is 13.2 Å². The van der Waals surface area contributed by atoms with Gasteiger partial charge in [-0.15, -0.1) is 0 Å². The molecule has 4 rings (SSSR count). The third-order valence-corrected chi connectivity index (χ3v) is 5.57. The Kier molecular flexibility index (Phi) is 7.36. The normalized spacial score (nSPS) is 19.9. The number of alkyl halides is 3. The van der Waals surface area contributed by atoms with Crippen molar-refractivity contribution in [3.8, 4) is 11.4 Å². The van der Waals surface area contributed by atoms with Crippen molar-refractivity contribution < 1.29 is 32.4 Å². The number of carbonyl (C=O) groups is 2. The predicted octanol–water partition coefficient (Wildman–Crippen LogP) is 1.98. The van der Waals surface area contributed by atoms with Gasteiger partial charge in [0, 0.05) is 22.5 Å². The van der Waals surface area contributed by atoms with Crippen molar-refractivity contribution in [1.29, 1.82) is 0 Å². The molecule has 0 aliphatic carbocycles. The third kappa shape index (κ3) is 5.75. The maximum Gasteiger partial charge on any atom is 0.490 e. The van der Waals surface area contributed by atoms with Gasteiger partial charge < -0.3 is 20.3 Å². The number of hydrogen-bond donors (Lipinski definition) is 4. The van der Waals surface area contributed by atoms with Crippen LogP contribution in [-0.2, 0) is 16.1 Å². The maximum absolute atomic E-state index is 12.3. The van der Waals surface area contributed by atoms with Gasteiger partial charge in [-0.05, 0) is 38.1 Å². The zero-order valence-corrected chi connectivity index (χ0v) is 17.5. The minimum Gasteiger partial charge on any atom is -0.475 e. The number of piperidine rings is 1. The van der Waals surface area contributed by atoms with E-state index < -0.39 is 12.1 Å². The number of carbonyl (C=O) groups excluding carboxylic acids is 1. The van der Waals surface area contributed by atoms with E-state index in [4.69, 9.17) is 26.0 Å². The van der Waals surface area contributed by atoms with Gasteiger partial charge in [-0.25, -0.2) is 4.79 Å². The predicted molar refractivity (Wildman–Crippen MR) is 107 cm³/mol. The Hall–Kier alpha value is -2.70. The van der Waals surface area contributed by atoms with Gasteiger partial charge in [-0.3, -0.25) is 10.1 Å². The van der Waals surface area contributed by atoms with Crippen LogP contribution in [0.1, 0.15) is 18.7 Å². The number of benzene rings is 1. The summed E-state index contributed by atoms with van der Waals surface area (Å²) in [6, 6.07) is 7.08.